The van der Waals surface area contributed by atoms with Crippen LogP contribution in [0.25, 0.3) is 0 Å². The standard InChI is InChI=1S/C27H35N9O10S2/c1-27(2)22(24(38)36(27)46-48(41,42)43)34-23(37)21(18-14-47-26(30)33-18)35-45-19(25(39)40)13-44-16-7-5-15(6-8-16)17(31-3)9-10-20(29)32-12-4-11-28/h5-10,14,19,22H,4,11-13,28H2,1-3H3,(H2,29,32)(H2,30,33)(H,34,37)(H,39,40)(H,41,42,43)/b10-9-,31-17-,35-21-/t19-,22+/m0/s1. The summed E-state index contributed by atoms with van der Waals surface area (Å²) < 4.78 is 41.0. The zero-order chi connectivity index (χ0) is 35.6. The number of aliphatic carboxylic acids is 1. The number of carboxylic acid groups (broad SMARTS) is 1. The summed E-state index contributed by atoms with van der Waals surface area (Å²) in [4.78, 5) is 51.0. The van der Waals surface area contributed by atoms with Crippen molar-refractivity contribution in [2.75, 3.05) is 32.5 Å². The molecule has 0 radical (unpaired) electrons. The van der Waals surface area contributed by atoms with E-state index in [0.717, 1.165) is 17.8 Å². The number of nitrogen functional groups attached to an aromatic ring is 1. The van der Waals surface area contributed by atoms with E-state index < -0.39 is 58.2 Å². The first-order valence-corrected chi connectivity index (χ1v) is 16.2. The Morgan fingerprint density at radius 3 is 2.50 bits per heavy atom. The highest BCUT2D eigenvalue weighted by atomic mass is 32.3. The third-order valence-electron chi connectivity index (χ3n) is 6.54. The first kappa shape index (κ1) is 37.5. The monoisotopic (exact) mass is 709 g/mol. The van der Waals surface area contributed by atoms with Crippen LogP contribution < -0.4 is 26.8 Å². The van der Waals surface area contributed by atoms with Gasteiger partial charge in [-0.15, -0.1) is 15.6 Å². The van der Waals surface area contributed by atoms with Gasteiger partial charge in [-0.25, -0.2) is 9.78 Å². The molecule has 0 unspecified atom stereocenters. The highest BCUT2D eigenvalue weighted by molar-refractivity contribution is 7.80. The number of ether oxygens (including phenoxy) is 1. The molecule has 2 atom stereocenters. The van der Waals surface area contributed by atoms with Crippen LogP contribution in [0.15, 0.2) is 51.9 Å². The molecule has 1 aliphatic heterocycles. The summed E-state index contributed by atoms with van der Waals surface area (Å²) in [5.41, 5.74) is 10.3. The van der Waals surface area contributed by atoms with Gasteiger partial charge in [0.25, 0.3) is 17.9 Å². The molecule has 2 heterocycles. The second kappa shape index (κ2) is 16.2. The van der Waals surface area contributed by atoms with Gasteiger partial charge in [0.15, 0.2) is 10.8 Å². The summed E-state index contributed by atoms with van der Waals surface area (Å²) in [6.45, 7) is 3.25. The SMILES string of the molecule is C/N=C(/C=C\C(=N)NCCCN)c1ccc(OC[C@H](O/N=C(\C(=O)N[C@@H]2C(=O)N(OS(=O)(=O)O)C2(C)C)c2csc(N)n2)C(=O)O)cc1. The number of aromatic nitrogens is 1. The molecule has 21 heteroatoms. The smallest absolute Gasteiger partial charge is 0.418 e. The van der Waals surface area contributed by atoms with Crippen molar-refractivity contribution in [2.45, 2.75) is 38.0 Å². The molecule has 1 aromatic carbocycles. The number of nitrogens with two attached hydrogens (primary N) is 2. The third-order valence-corrected chi connectivity index (χ3v) is 7.56. The Hall–Kier alpha value is -4.96. The number of carbonyl (C=O) groups excluding carboxylic acids is 2. The Bertz CT molecular complexity index is 1710. The quantitative estimate of drug-likeness (QED) is 0.0277. The maximum absolute atomic E-state index is 13.2. The molecule has 3 rings (SSSR count). The number of nitrogens with zero attached hydrogens (tertiary/aromatic N) is 4. The predicted molar refractivity (Wildman–Crippen MR) is 174 cm³/mol. The number of benzene rings is 1. The summed E-state index contributed by atoms with van der Waals surface area (Å²) >= 11 is 0.946. The summed E-state index contributed by atoms with van der Waals surface area (Å²) in [5.74, 6) is -3.05. The van der Waals surface area contributed by atoms with E-state index in [1.165, 1.54) is 19.2 Å². The predicted octanol–water partition coefficient (Wildman–Crippen LogP) is -0.291. The fraction of sp³-hybridized carbons (Fsp3) is 0.370. The molecule has 48 heavy (non-hydrogen) atoms. The highest BCUT2D eigenvalue weighted by Crippen LogP contribution is 2.33. The topological polar surface area (TPSA) is 294 Å². The molecule has 260 valence electrons. The lowest BCUT2D eigenvalue weighted by Crippen LogP contribution is -2.76. The van der Waals surface area contributed by atoms with E-state index in [1.54, 1.807) is 43.5 Å². The number of amidine groups is 1. The molecular weight excluding hydrogens is 674 g/mol. The number of carboxylic acids is 1. The summed E-state index contributed by atoms with van der Waals surface area (Å²) in [6, 6.07) is 5.18. The molecule has 2 amide bonds. The van der Waals surface area contributed by atoms with Crippen molar-refractivity contribution < 1.29 is 46.3 Å². The minimum absolute atomic E-state index is 0.0454. The van der Waals surface area contributed by atoms with Crippen LogP contribution in [0.4, 0.5) is 5.13 Å². The van der Waals surface area contributed by atoms with Gasteiger partial charge in [0.05, 0.1) is 11.3 Å². The molecule has 9 N–H and O–H groups in total. The van der Waals surface area contributed by atoms with E-state index in [2.05, 4.69) is 30.0 Å². The number of amides is 2. The molecule has 1 fully saturated rings. The van der Waals surface area contributed by atoms with Crippen molar-refractivity contribution in [3.8, 4) is 5.75 Å². The maximum atomic E-state index is 13.2. The third kappa shape index (κ3) is 10.0. The zero-order valence-electron chi connectivity index (χ0n) is 25.9. The number of carbonyl (C=O) groups is 3. The van der Waals surface area contributed by atoms with Crippen LogP contribution >= 0.6 is 11.3 Å². The second-order valence-electron chi connectivity index (χ2n) is 10.4. The lowest BCUT2D eigenvalue weighted by molar-refractivity contribution is -0.218. The lowest BCUT2D eigenvalue weighted by atomic mass is 9.84. The molecule has 0 spiro atoms. The molecule has 19 nitrogen and oxygen atoms in total. The average molecular weight is 710 g/mol. The van der Waals surface area contributed by atoms with Crippen molar-refractivity contribution >= 4 is 61.9 Å². The number of oxime groups is 1. The lowest BCUT2D eigenvalue weighted by Gasteiger charge is -2.50. The number of allylic oxidation sites excluding steroid dienone is 1. The number of hydroxylamine groups is 2. The summed E-state index contributed by atoms with van der Waals surface area (Å²) in [7, 11) is -3.43. The number of rotatable bonds is 17. The van der Waals surface area contributed by atoms with E-state index in [0.29, 0.717) is 29.4 Å². The molecule has 2 aromatic rings. The fourth-order valence-electron chi connectivity index (χ4n) is 4.02. The zero-order valence-corrected chi connectivity index (χ0v) is 27.6. The number of anilines is 1. The largest absolute Gasteiger partial charge is 0.489 e. The molecular formula is C27H35N9O10S2. The molecule has 0 aliphatic carbocycles. The molecule has 1 saturated heterocycles. The van der Waals surface area contributed by atoms with Gasteiger partial charge in [0.2, 0.25) is 0 Å². The average Bonchev–Trinajstić information content (AvgIpc) is 3.46. The van der Waals surface area contributed by atoms with Crippen LogP contribution in [0.1, 0.15) is 31.5 Å². The Labute approximate surface area is 279 Å². The van der Waals surface area contributed by atoms with Crippen molar-refractivity contribution in [3.05, 3.63) is 53.1 Å². The second-order valence-corrected chi connectivity index (χ2v) is 12.3. The number of hydrogen-bond donors (Lipinski definition) is 7. The van der Waals surface area contributed by atoms with E-state index in [-0.39, 0.29) is 22.4 Å². The highest BCUT2D eigenvalue weighted by Gasteiger charge is 2.58. The Kier molecular flexibility index (Phi) is 12.7. The van der Waals surface area contributed by atoms with Gasteiger partial charge < -0.3 is 36.8 Å². The van der Waals surface area contributed by atoms with Gasteiger partial charge in [-0.2, -0.15) is 13.5 Å². The van der Waals surface area contributed by atoms with Crippen LogP contribution in [-0.2, 0) is 33.9 Å². The van der Waals surface area contributed by atoms with Crippen LogP contribution in [0.3, 0.4) is 0 Å². The maximum Gasteiger partial charge on any atom is 0.418 e. The number of thiazole rings is 1. The fourth-order valence-corrected chi connectivity index (χ4v) is 5.03. The summed E-state index contributed by atoms with van der Waals surface area (Å²) in [6.07, 6.45) is 2.24. The van der Waals surface area contributed by atoms with E-state index in [4.69, 9.17) is 31.0 Å². The van der Waals surface area contributed by atoms with Gasteiger partial charge >= 0.3 is 16.4 Å². The van der Waals surface area contributed by atoms with E-state index >= 15 is 0 Å². The van der Waals surface area contributed by atoms with E-state index in [9.17, 15) is 27.9 Å². The van der Waals surface area contributed by atoms with Gasteiger partial charge in [-0.05, 0) is 68.8 Å². The molecule has 0 saturated carbocycles. The van der Waals surface area contributed by atoms with Gasteiger partial charge in [-0.3, -0.25) is 24.5 Å². The number of hydrogen-bond acceptors (Lipinski definition) is 15. The van der Waals surface area contributed by atoms with Gasteiger partial charge in [0.1, 0.15) is 29.9 Å². The molecule has 1 aromatic heterocycles. The van der Waals surface area contributed by atoms with Crippen LogP contribution in [0, 0.1) is 5.41 Å². The number of nitrogens with one attached hydrogen (secondary N) is 3. The molecule has 0 bridgehead atoms. The van der Waals surface area contributed by atoms with E-state index in [1.807, 2.05) is 0 Å². The van der Waals surface area contributed by atoms with Crippen molar-refractivity contribution in [3.63, 3.8) is 0 Å². The van der Waals surface area contributed by atoms with Crippen molar-refractivity contribution in [1.29, 1.82) is 5.41 Å². The Morgan fingerprint density at radius 2 is 1.96 bits per heavy atom. The minimum Gasteiger partial charge on any atom is -0.489 e. The normalized spacial score (nSPS) is 17.1. The Balaban J connectivity index is 1.69. The van der Waals surface area contributed by atoms with Crippen LogP contribution in [0.2, 0.25) is 0 Å². The van der Waals surface area contributed by atoms with Gasteiger partial charge in [-0.1, -0.05) is 5.16 Å². The Morgan fingerprint density at radius 1 is 1.27 bits per heavy atom. The first-order chi connectivity index (χ1) is 22.6. The van der Waals surface area contributed by atoms with Crippen LogP contribution in [-0.4, -0.2) is 108 Å². The number of aliphatic imine (C=N–C) groups is 1. The van der Waals surface area contributed by atoms with Crippen LogP contribution in [0.5, 0.6) is 5.75 Å². The first-order valence-electron chi connectivity index (χ1n) is 14.0. The van der Waals surface area contributed by atoms with Crippen molar-refractivity contribution in [1.82, 2.24) is 20.7 Å². The minimum atomic E-state index is -5.03. The van der Waals surface area contributed by atoms with Crippen molar-refractivity contribution in [2.24, 2.45) is 15.9 Å². The number of β-lactam (4-membered cyclic amide) rings is 1. The summed E-state index contributed by atoms with van der Waals surface area (Å²) in [5, 5.41) is 28.4. The molecule has 1 aliphatic rings. The van der Waals surface area contributed by atoms with Gasteiger partial charge in [0, 0.05) is 19.0 Å².